The third-order valence-corrected chi connectivity index (χ3v) is 6.53. The Bertz CT molecular complexity index is 1330. The average Bonchev–Trinajstić information content (AvgIpc) is 3.64. The number of rotatable bonds is 10. The Balaban J connectivity index is 1.69. The van der Waals surface area contributed by atoms with Crippen molar-refractivity contribution in [2.45, 2.75) is 19.5 Å². The number of aryl methyl sites for hydroxylation is 1. The zero-order chi connectivity index (χ0) is 26.2. The smallest absolute Gasteiger partial charge is 0.261 e. The summed E-state index contributed by atoms with van der Waals surface area (Å²) in [6, 6.07) is 20.2. The second kappa shape index (κ2) is 12.0. The van der Waals surface area contributed by atoms with E-state index in [4.69, 9.17) is 9.15 Å². The van der Waals surface area contributed by atoms with E-state index in [1.807, 2.05) is 31.2 Å². The lowest BCUT2D eigenvalue weighted by Crippen LogP contribution is -2.47. The van der Waals surface area contributed by atoms with Crippen LogP contribution in [-0.4, -0.2) is 31.4 Å². The Morgan fingerprint density at radius 2 is 1.81 bits per heavy atom. The van der Waals surface area contributed by atoms with E-state index in [0.29, 0.717) is 27.6 Å². The van der Waals surface area contributed by atoms with Crippen molar-refractivity contribution in [1.29, 1.82) is 0 Å². The molecule has 0 radical (unpaired) electrons. The molecule has 0 bridgehead atoms. The molecule has 0 fully saturated rings. The van der Waals surface area contributed by atoms with Crippen LogP contribution in [0, 0.1) is 6.92 Å². The highest BCUT2D eigenvalue weighted by molar-refractivity contribution is 7.12. The van der Waals surface area contributed by atoms with E-state index in [9.17, 15) is 14.4 Å². The fourth-order valence-corrected chi connectivity index (χ4v) is 4.42. The van der Waals surface area contributed by atoms with Crippen LogP contribution in [0.2, 0.25) is 0 Å². The number of amides is 3. The molecule has 0 aliphatic carbocycles. The summed E-state index contributed by atoms with van der Waals surface area (Å²) in [5.74, 6) is -0.115. The van der Waals surface area contributed by atoms with Gasteiger partial charge in [-0.1, -0.05) is 42.0 Å². The number of hydrogen-bond donors (Lipinski definition) is 2. The van der Waals surface area contributed by atoms with Gasteiger partial charge in [-0.05, 0) is 48.2 Å². The topological polar surface area (TPSA) is 101 Å². The number of methoxy groups -OCH3 is 1. The highest BCUT2D eigenvalue weighted by Crippen LogP contribution is 2.31. The van der Waals surface area contributed by atoms with Crippen molar-refractivity contribution in [2.75, 3.05) is 18.6 Å². The molecule has 37 heavy (non-hydrogen) atoms. The number of benzene rings is 2. The summed E-state index contributed by atoms with van der Waals surface area (Å²) in [5, 5.41) is 7.34. The standard InChI is InChI=1S/C28H27N3O5S/c1-19-10-12-20(13-11-19)26(28(34)29-17-23-8-4-14-36-23)31(21-6-3-7-22(16-21)35-2)25(32)18-30-27(33)24-9-5-15-37-24/h3-16,26H,17-18H2,1-2H3,(H,29,34)(H,30,33)/t26-/m1/s1. The molecule has 9 heteroatoms. The number of carbonyl (C=O) groups is 3. The van der Waals surface area contributed by atoms with E-state index >= 15 is 0 Å². The number of hydrogen-bond acceptors (Lipinski definition) is 6. The van der Waals surface area contributed by atoms with Gasteiger partial charge in [-0.15, -0.1) is 11.3 Å². The van der Waals surface area contributed by atoms with E-state index in [2.05, 4.69) is 10.6 Å². The minimum atomic E-state index is -1.02. The van der Waals surface area contributed by atoms with Crippen LogP contribution < -0.4 is 20.3 Å². The van der Waals surface area contributed by atoms with Crippen LogP contribution in [0.15, 0.2) is 88.9 Å². The number of ether oxygens (including phenoxy) is 1. The Kier molecular flexibility index (Phi) is 8.37. The predicted octanol–water partition coefficient (Wildman–Crippen LogP) is 4.48. The highest BCUT2D eigenvalue weighted by Gasteiger charge is 2.33. The Morgan fingerprint density at radius 1 is 1.00 bits per heavy atom. The second-order valence-corrected chi connectivity index (χ2v) is 9.18. The number of thiophene rings is 1. The lowest BCUT2D eigenvalue weighted by atomic mass is 10.0. The van der Waals surface area contributed by atoms with Crippen LogP contribution in [-0.2, 0) is 16.1 Å². The van der Waals surface area contributed by atoms with Crippen molar-refractivity contribution in [3.8, 4) is 5.75 Å². The summed E-state index contributed by atoms with van der Waals surface area (Å²) in [6.45, 7) is 1.80. The molecule has 0 saturated heterocycles. The maximum absolute atomic E-state index is 13.7. The van der Waals surface area contributed by atoms with E-state index in [1.54, 1.807) is 53.9 Å². The molecule has 2 aromatic carbocycles. The zero-order valence-corrected chi connectivity index (χ0v) is 21.3. The quantitative estimate of drug-likeness (QED) is 0.323. The minimum absolute atomic E-state index is 0.156. The molecule has 0 aliphatic rings. The second-order valence-electron chi connectivity index (χ2n) is 8.24. The van der Waals surface area contributed by atoms with Gasteiger partial charge in [0.15, 0.2) is 0 Å². The van der Waals surface area contributed by atoms with Crippen molar-refractivity contribution in [2.24, 2.45) is 0 Å². The van der Waals surface area contributed by atoms with Gasteiger partial charge in [0, 0.05) is 11.8 Å². The van der Waals surface area contributed by atoms with Gasteiger partial charge in [0.25, 0.3) is 5.91 Å². The molecule has 4 rings (SSSR count). The number of nitrogens with one attached hydrogen (secondary N) is 2. The maximum atomic E-state index is 13.7. The van der Waals surface area contributed by atoms with Gasteiger partial charge in [-0.25, -0.2) is 0 Å². The van der Waals surface area contributed by atoms with E-state index in [0.717, 1.165) is 5.56 Å². The SMILES string of the molecule is COc1cccc(N(C(=O)CNC(=O)c2cccs2)[C@@H](C(=O)NCc2ccco2)c2ccc(C)cc2)c1. The molecule has 8 nitrogen and oxygen atoms in total. The van der Waals surface area contributed by atoms with Crippen LogP contribution in [0.5, 0.6) is 5.75 Å². The van der Waals surface area contributed by atoms with Gasteiger partial charge in [0.05, 0.1) is 31.3 Å². The Labute approximate surface area is 218 Å². The maximum Gasteiger partial charge on any atom is 0.261 e. The molecular formula is C28H27N3O5S. The van der Waals surface area contributed by atoms with Crippen molar-refractivity contribution in [1.82, 2.24) is 10.6 Å². The number of furan rings is 1. The van der Waals surface area contributed by atoms with Crippen molar-refractivity contribution in [3.63, 3.8) is 0 Å². The molecule has 2 heterocycles. The van der Waals surface area contributed by atoms with Crippen LogP contribution in [0.25, 0.3) is 0 Å². The summed E-state index contributed by atoms with van der Waals surface area (Å²) in [6.07, 6.45) is 1.53. The number of carbonyl (C=O) groups excluding carboxylic acids is 3. The van der Waals surface area contributed by atoms with Crippen LogP contribution in [0.1, 0.15) is 32.6 Å². The number of nitrogens with zero attached hydrogens (tertiary/aromatic N) is 1. The molecule has 4 aromatic rings. The molecular weight excluding hydrogens is 490 g/mol. The molecule has 2 N–H and O–H groups in total. The minimum Gasteiger partial charge on any atom is -0.497 e. The van der Waals surface area contributed by atoms with Crippen LogP contribution in [0.3, 0.4) is 0 Å². The first kappa shape index (κ1) is 25.7. The van der Waals surface area contributed by atoms with Crippen LogP contribution >= 0.6 is 11.3 Å². The van der Waals surface area contributed by atoms with Crippen LogP contribution in [0.4, 0.5) is 5.69 Å². The molecule has 190 valence electrons. The first-order valence-corrected chi connectivity index (χ1v) is 12.5. The third kappa shape index (κ3) is 6.45. The molecule has 3 amide bonds. The van der Waals surface area contributed by atoms with Gasteiger partial charge in [0.2, 0.25) is 11.8 Å². The Morgan fingerprint density at radius 3 is 2.49 bits per heavy atom. The third-order valence-electron chi connectivity index (χ3n) is 5.66. The van der Waals surface area contributed by atoms with Gasteiger partial charge in [0.1, 0.15) is 17.6 Å². The summed E-state index contributed by atoms with van der Waals surface area (Å²) in [4.78, 5) is 41.8. The predicted molar refractivity (Wildman–Crippen MR) is 142 cm³/mol. The highest BCUT2D eigenvalue weighted by atomic mass is 32.1. The average molecular weight is 518 g/mol. The largest absolute Gasteiger partial charge is 0.497 e. The van der Waals surface area contributed by atoms with Crippen molar-refractivity contribution in [3.05, 3.63) is 106 Å². The zero-order valence-electron chi connectivity index (χ0n) is 20.5. The summed E-state index contributed by atoms with van der Waals surface area (Å²) < 4.78 is 10.7. The molecule has 0 spiro atoms. The number of anilines is 1. The first-order chi connectivity index (χ1) is 18.0. The van der Waals surface area contributed by atoms with Crippen molar-refractivity contribution >= 4 is 34.7 Å². The Hall–Kier alpha value is -4.37. The fourth-order valence-electron chi connectivity index (χ4n) is 3.78. The molecule has 0 aliphatic heterocycles. The lowest BCUT2D eigenvalue weighted by molar-refractivity contribution is -0.126. The van der Waals surface area contributed by atoms with Gasteiger partial charge in [-0.3, -0.25) is 19.3 Å². The van der Waals surface area contributed by atoms with Gasteiger partial charge in [-0.2, -0.15) is 0 Å². The summed E-state index contributed by atoms with van der Waals surface area (Å²) in [7, 11) is 1.53. The molecule has 0 saturated carbocycles. The molecule has 1 atom stereocenters. The summed E-state index contributed by atoms with van der Waals surface area (Å²) >= 11 is 1.28. The van der Waals surface area contributed by atoms with E-state index < -0.39 is 17.9 Å². The van der Waals surface area contributed by atoms with E-state index in [1.165, 1.54) is 29.6 Å². The van der Waals surface area contributed by atoms with Gasteiger partial charge >= 0.3 is 0 Å². The van der Waals surface area contributed by atoms with Crippen molar-refractivity contribution < 1.29 is 23.5 Å². The lowest BCUT2D eigenvalue weighted by Gasteiger charge is -2.32. The monoisotopic (exact) mass is 517 g/mol. The normalized spacial score (nSPS) is 11.4. The molecule has 2 aromatic heterocycles. The van der Waals surface area contributed by atoms with E-state index in [-0.39, 0.29) is 19.0 Å². The fraction of sp³-hybridized carbons (Fsp3) is 0.179. The summed E-state index contributed by atoms with van der Waals surface area (Å²) in [5.41, 5.74) is 2.08. The molecule has 0 unspecified atom stereocenters. The first-order valence-electron chi connectivity index (χ1n) is 11.6. The van der Waals surface area contributed by atoms with Gasteiger partial charge < -0.3 is 19.8 Å².